The van der Waals surface area contributed by atoms with Crippen molar-refractivity contribution >= 4 is 22.4 Å². The van der Waals surface area contributed by atoms with Gasteiger partial charge in [-0.05, 0) is 5.56 Å². The number of amides is 1. The van der Waals surface area contributed by atoms with Crippen molar-refractivity contribution in [2.45, 2.75) is 6.54 Å². The topological polar surface area (TPSA) is 62.5 Å². The fraction of sp³-hybridized carbons (Fsp3) is 0.333. The molecule has 1 aromatic carbocycles. The maximum Gasteiger partial charge on any atom is 0.273 e. The van der Waals surface area contributed by atoms with E-state index in [1.165, 1.54) is 16.9 Å². The zero-order valence-electron chi connectivity index (χ0n) is 11.7. The predicted molar refractivity (Wildman–Crippen MR) is 84.1 cm³/mol. The lowest BCUT2D eigenvalue weighted by Crippen LogP contribution is -2.48. The molecule has 0 spiro atoms. The quantitative estimate of drug-likeness (QED) is 0.937. The van der Waals surface area contributed by atoms with Gasteiger partial charge in [-0.15, -0.1) is 11.3 Å². The summed E-state index contributed by atoms with van der Waals surface area (Å²) in [5, 5.41) is 2.18. The molecule has 2 heterocycles. The van der Waals surface area contributed by atoms with Gasteiger partial charge >= 0.3 is 0 Å². The number of thiazole rings is 1. The second-order valence-electron chi connectivity index (χ2n) is 5.12. The number of carbonyl (C=O) groups is 1. The lowest BCUT2D eigenvalue weighted by Gasteiger charge is -2.34. The van der Waals surface area contributed by atoms with E-state index >= 15 is 0 Å². The molecule has 1 aromatic heterocycles. The van der Waals surface area contributed by atoms with E-state index in [9.17, 15) is 4.79 Å². The molecule has 1 amide bonds. The highest BCUT2D eigenvalue weighted by Gasteiger charge is 2.23. The summed E-state index contributed by atoms with van der Waals surface area (Å²) in [7, 11) is 0. The Kier molecular flexibility index (Phi) is 4.17. The van der Waals surface area contributed by atoms with E-state index in [4.69, 9.17) is 5.73 Å². The Morgan fingerprint density at radius 2 is 1.90 bits per heavy atom. The third-order valence-corrected chi connectivity index (χ3v) is 4.32. The molecule has 0 aliphatic carbocycles. The van der Waals surface area contributed by atoms with Crippen LogP contribution in [-0.2, 0) is 6.54 Å². The van der Waals surface area contributed by atoms with Gasteiger partial charge in [-0.3, -0.25) is 9.69 Å². The minimum Gasteiger partial charge on any atom is -0.375 e. The summed E-state index contributed by atoms with van der Waals surface area (Å²) < 4.78 is 0. The van der Waals surface area contributed by atoms with Crippen molar-refractivity contribution in [2.75, 3.05) is 31.9 Å². The number of hydrogen-bond acceptors (Lipinski definition) is 5. The van der Waals surface area contributed by atoms with Crippen molar-refractivity contribution in [1.82, 2.24) is 14.8 Å². The standard InChI is InChI=1S/C15H18N4OS/c16-15-17-13(11-21-15)14(20)19-8-6-18(7-9-19)10-12-4-2-1-3-5-12/h1-5,11H,6-10H2,(H2,16,17). The van der Waals surface area contributed by atoms with Crippen molar-refractivity contribution in [3.8, 4) is 0 Å². The minimum absolute atomic E-state index is 0.0117. The number of piperazine rings is 1. The maximum atomic E-state index is 12.3. The third-order valence-electron chi connectivity index (χ3n) is 3.65. The van der Waals surface area contributed by atoms with Crippen molar-refractivity contribution in [3.63, 3.8) is 0 Å². The molecule has 5 nitrogen and oxygen atoms in total. The second kappa shape index (κ2) is 6.24. The van der Waals surface area contributed by atoms with E-state index in [1.807, 2.05) is 11.0 Å². The number of nitrogen functional groups attached to an aromatic ring is 1. The molecule has 6 heteroatoms. The summed E-state index contributed by atoms with van der Waals surface area (Å²) in [6.45, 7) is 4.19. The zero-order valence-corrected chi connectivity index (χ0v) is 12.6. The first-order valence-electron chi connectivity index (χ1n) is 6.99. The molecular weight excluding hydrogens is 284 g/mol. The zero-order chi connectivity index (χ0) is 14.7. The Morgan fingerprint density at radius 1 is 1.19 bits per heavy atom. The normalized spacial score (nSPS) is 16.1. The van der Waals surface area contributed by atoms with Crippen molar-refractivity contribution < 1.29 is 4.79 Å². The van der Waals surface area contributed by atoms with Crippen LogP contribution in [0.3, 0.4) is 0 Å². The first kappa shape index (κ1) is 14.0. The summed E-state index contributed by atoms with van der Waals surface area (Å²) in [6.07, 6.45) is 0. The minimum atomic E-state index is -0.0117. The van der Waals surface area contributed by atoms with E-state index < -0.39 is 0 Å². The van der Waals surface area contributed by atoms with E-state index in [0.717, 1.165) is 32.7 Å². The lowest BCUT2D eigenvalue weighted by molar-refractivity contribution is 0.0623. The van der Waals surface area contributed by atoms with E-state index in [-0.39, 0.29) is 5.91 Å². The number of carbonyl (C=O) groups excluding carboxylic acids is 1. The van der Waals surface area contributed by atoms with Crippen LogP contribution in [0.25, 0.3) is 0 Å². The number of benzene rings is 1. The van der Waals surface area contributed by atoms with Crippen LogP contribution < -0.4 is 5.73 Å². The highest BCUT2D eigenvalue weighted by Crippen LogP contribution is 2.15. The molecule has 2 N–H and O–H groups in total. The third kappa shape index (κ3) is 3.40. The first-order valence-corrected chi connectivity index (χ1v) is 7.87. The molecule has 0 radical (unpaired) electrons. The smallest absolute Gasteiger partial charge is 0.273 e. The van der Waals surface area contributed by atoms with Crippen LogP contribution in [0.1, 0.15) is 16.1 Å². The fourth-order valence-corrected chi connectivity index (χ4v) is 3.04. The van der Waals surface area contributed by atoms with Gasteiger partial charge < -0.3 is 10.6 Å². The summed E-state index contributed by atoms with van der Waals surface area (Å²) in [5.41, 5.74) is 7.36. The Labute approximate surface area is 128 Å². The SMILES string of the molecule is Nc1nc(C(=O)N2CCN(Cc3ccccc3)CC2)cs1. The summed E-state index contributed by atoms with van der Waals surface area (Å²) in [5.74, 6) is -0.0117. The lowest BCUT2D eigenvalue weighted by atomic mass is 10.2. The monoisotopic (exact) mass is 302 g/mol. The van der Waals surface area contributed by atoms with Crippen LogP contribution >= 0.6 is 11.3 Å². The van der Waals surface area contributed by atoms with Gasteiger partial charge in [0.2, 0.25) is 0 Å². The van der Waals surface area contributed by atoms with E-state index in [1.54, 1.807) is 5.38 Å². The maximum absolute atomic E-state index is 12.3. The van der Waals surface area contributed by atoms with E-state index in [0.29, 0.717) is 10.8 Å². The van der Waals surface area contributed by atoms with Crippen LogP contribution in [0, 0.1) is 0 Å². The number of aromatic nitrogens is 1. The highest BCUT2D eigenvalue weighted by atomic mass is 32.1. The van der Waals surface area contributed by atoms with Crippen LogP contribution in [0.4, 0.5) is 5.13 Å². The van der Waals surface area contributed by atoms with Gasteiger partial charge in [0.1, 0.15) is 5.69 Å². The number of nitrogens with zero attached hydrogens (tertiary/aromatic N) is 3. The van der Waals surface area contributed by atoms with Crippen molar-refractivity contribution in [1.29, 1.82) is 0 Å². The molecule has 0 saturated carbocycles. The van der Waals surface area contributed by atoms with Crippen molar-refractivity contribution in [2.24, 2.45) is 0 Å². The first-order chi connectivity index (χ1) is 10.2. The Hall–Kier alpha value is -1.92. The molecule has 0 atom stereocenters. The van der Waals surface area contributed by atoms with Crippen LogP contribution in [-0.4, -0.2) is 46.9 Å². The van der Waals surface area contributed by atoms with Gasteiger partial charge in [0.05, 0.1) is 0 Å². The molecule has 0 bridgehead atoms. The van der Waals surface area contributed by atoms with Gasteiger partial charge in [-0.25, -0.2) is 4.98 Å². The molecule has 110 valence electrons. The number of hydrogen-bond donors (Lipinski definition) is 1. The molecule has 1 aliphatic heterocycles. The number of rotatable bonds is 3. The van der Waals surface area contributed by atoms with Gasteiger partial charge in [0.25, 0.3) is 5.91 Å². The van der Waals surface area contributed by atoms with Gasteiger partial charge in [0, 0.05) is 38.1 Å². The fourth-order valence-electron chi connectivity index (χ4n) is 2.50. The predicted octanol–water partition coefficient (Wildman–Crippen LogP) is 1.68. The number of anilines is 1. The molecule has 21 heavy (non-hydrogen) atoms. The Balaban J connectivity index is 1.54. The average Bonchev–Trinajstić information content (AvgIpc) is 2.95. The van der Waals surface area contributed by atoms with Gasteiger partial charge in [-0.2, -0.15) is 0 Å². The average molecular weight is 302 g/mol. The van der Waals surface area contributed by atoms with Crippen LogP contribution in [0.2, 0.25) is 0 Å². The van der Waals surface area contributed by atoms with E-state index in [2.05, 4.69) is 34.1 Å². The molecule has 1 aliphatic rings. The Morgan fingerprint density at radius 3 is 2.52 bits per heavy atom. The Bertz CT molecular complexity index is 605. The summed E-state index contributed by atoms with van der Waals surface area (Å²) in [6, 6.07) is 10.4. The van der Waals surface area contributed by atoms with Crippen molar-refractivity contribution in [3.05, 3.63) is 47.0 Å². The molecule has 0 unspecified atom stereocenters. The van der Waals surface area contributed by atoms with Crippen LogP contribution in [0.15, 0.2) is 35.7 Å². The molecule has 1 fully saturated rings. The second-order valence-corrected chi connectivity index (χ2v) is 6.01. The van der Waals surface area contributed by atoms with Gasteiger partial charge in [-0.1, -0.05) is 30.3 Å². The molecule has 1 saturated heterocycles. The number of nitrogens with two attached hydrogens (primary N) is 1. The summed E-state index contributed by atoms with van der Waals surface area (Å²) >= 11 is 1.31. The highest BCUT2D eigenvalue weighted by molar-refractivity contribution is 7.13. The molecule has 2 aromatic rings. The van der Waals surface area contributed by atoms with Gasteiger partial charge in [0.15, 0.2) is 5.13 Å². The molecule has 3 rings (SSSR count). The van der Waals surface area contributed by atoms with Crippen LogP contribution in [0.5, 0.6) is 0 Å². The summed E-state index contributed by atoms with van der Waals surface area (Å²) in [4.78, 5) is 20.6. The largest absolute Gasteiger partial charge is 0.375 e. The molecular formula is C15H18N4OS.